The van der Waals surface area contributed by atoms with Gasteiger partial charge < -0.3 is 15.0 Å². The summed E-state index contributed by atoms with van der Waals surface area (Å²) in [6.45, 7) is 5.18. The van der Waals surface area contributed by atoms with Gasteiger partial charge in [-0.15, -0.1) is 0 Å². The van der Waals surface area contributed by atoms with Crippen LogP contribution in [0.2, 0.25) is 0 Å². The van der Waals surface area contributed by atoms with E-state index in [-0.39, 0.29) is 0 Å². The molecule has 106 valence electrons. The molecule has 1 aromatic rings. The molecule has 3 unspecified atom stereocenters. The Balaban J connectivity index is 2.20. The minimum absolute atomic E-state index is 0.299. The maximum Gasteiger partial charge on any atom is 0.0750 e. The van der Waals surface area contributed by atoms with Gasteiger partial charge in [-0.2, -0.15) is 0 Å². The molecule has 2 rings (SSSR count). The largest absolute Gasteiger partial charge is 0.376 e. The number of rotatable bonds is 4. The number of nitrogens with zero attached hydrogens (tertiary/aromatic N) is 1. The van der Waals surface area contributed by atoms with Gasteiger partial charge in [0.15, 0.2) is 0 Å². The fourth-order valence-electron chi connectivity index (χ4n) is 2.65. The molecule has 1 aromatic carbocycles. The quantitative estimate of drug-likeness (QED) is 0.918. The van der Waals surface area contributed by atoms with Crippen LogP contribution in [0.15, 0.2) is 22.7 Å². The number of benzene rings is 1. The van der Waals surface area contributed by atoms with E-state index in [4.69, 9.17) is 4.74 Å². The van der Waals surface area contributed by atoms with Gasteiger partial charge in [0.25, 0.3) is 0 Å². The van der Waals surface area contributed by atoms with E-state index in [1.54, 1.807) is 0 Å². The molecule has 0 spiro atoms. The summed E-state index contributed by atoms with van der Waals surface area (Å²) in [5.41, 5.74) is 2.52. The third kappa shape index (κ3) is 3.12. The van der Waals surface area contributed by atoms with E-state index in [0.29, 0.717) is 18.2 Å². The van der Waals surface area contributed by atoms with Crippen LogP contribution in [0.4, 0.5) is 5.69 Å². The zero-order valence-electron chi connectivity index (χ0n) is 12.1. The lowest BCUT2D eigenvalue weighted by atomic mass is 10.1. The maximum atomic E-state index is 5.66. The fourth-order valence-corrected chi connectivity index (χ4v) is 3.33. The predicted molar refractivity (Wildman–Crippen MR) is 83.8 cm³/mol. The Morgan fingerprint density at radius 3 is 2.74 bits per heavy atom. The molecular formula is C15H23BrN2O. The van der Waals surface area contributed by atoms with Crippen LogP contribution in [0.3, 0.4) is 0 Å². The van der Waals surface area contributed by atoms with Crippen LogP contribution in [0.25, 0.3) is 0 Å². The Morgan fingerprint density at radius 2 is 2.21 bits per heavy atom. The van der Waals surface area contributed by atoms with Crippen LogP contribution in [0, 0.1) is 0 Å². The van der Waals surface area contributed by atoms with Crippen LogP contribution in [0.1, 0.15) is 31.9 Å². The molecule has 0 bridgehead atoms. The number of hydrogen-bond acceptors (Lipinski definition) is 3. The third-order valence-electron chi connectivity index (χ3n) is 4.12. The smallest absolute Gasteiger partial charge is 0.0750 e. The second kappa shape index (κ2) is 6.25. The third-order valence-corrected chi connectivity index (χ3v) is 4.75. The minimum Gasteiger partial charge on any atom is -0.376 e. The van der Waals surface area contributed by atoms with E-state index in [1.807, 2.05) is 7.05 Å². The van der Waals surface area contributed by atoms with Crippen molar-refractivity contribution in [3.8, 4) is 0 Å². The summed E-state index contributed by atoms with van der Waals surface area (Å²) < 4.78 is 6.81. The van der Waals surface area contributed by atoms with Crippen molar-refractivity contribution in [3.05, 3.63) is 28.2 Å². The second-order valence-corrected chi connectivity index (χ2v) is 6.12. The van der Waals surface area contributed by atoms with Gasteiger partial charge in [-0.1, -0.05) is 6.07 Å². The van der Waals surface area contributed by atoms with Crippen molar-refractivity contribution in [1.29, 1.82) is 0 Å². The van der Waals surface area contributed by atoms with E-state index < -0.39 is 0 Å². The molecule has 0 amide bonds. The molecule has 3 atom stereocenters. The highest BCUT2D eigenvalue weighted by Gasteiger charge is 2.28. The minimum atomic E-state index is 0.299. The van der Waals surface area contributed by atoms with E-state index in [1.165, 1.54) is 11.3 Å². The molecular weight excluding hydrogens is 304 g/mol. The molecule has 1 fully saturated rings. The highest BCUT2D eigenvalue weighted by molar-refractivity contribution is 9.10. The lowest BCUT2D eigenvalue weighted by molar-refractivity contribution is 0.118. The molecule has 4 heteroatoms. The van der Waals surface area contributed by atoms with Crippen LogP contribution < -0.4 is 10.2 Å². The van der Waals surface area contributed by atoms with Gasteiger partial charge in [-0.25, -0.2) is 0 Å². The van der Waals surface area contributed by atoms with Gasteiger partial charge >= 0.3 is 0 Å². The standard InChI is InChI=1S/C15H23BrN2O/c1-10(17-3)12-5-6-15(13(16)9-12)18(4)14-7-8-19-11(14)2/h5-6,9-11,14,17H,7-8H2,1-4H3. The lowest BCUT2D eigenvalue weighted by Gasteiger charge is -2.30. The van der Waals surface area contributed by atoms with Gasteiger partial charge in [0.1, 0.15) is 0 Å². The van der Waals surface area contributed by atoms with Crippen molar-refractivity contribution in [2.45, 2.75) is 38.5 Å². The molecule has 0 aliphatic carbocycles. The molecule has 0 saturated carbocycles. The van der Waals surface area contributed by atoms with Gasteiger partial charge in [0.2, 0.25) is 0 Å². The molecule has 19 heavy (non-hydrogen) atoms. The summed E-state index contributed by atoms with van der Waals surface area (Å²) in [5, 5.41) is 3.26. The van der Waals surface area contributed by atoms with Crippen LogP contribution >= 0.6 is 15.9 Å². The van der Waals surface area contributed by atoms with Gasteiger partial charge in [-0.05, 0) is 60.9 Å². The monoisotopic (exact) mass is 326 g/mol. The van der Waals surface area contributed by atoms with Crippen molar-refractivity contribution in [1.82, 2.24) is 5.32 Å². The predicted octanol–water partition coefficient (Wildman–Crippen LogP) is 3.34. The number of ether oxygens (including phenoxy) is 1. The fraction of sp³-hybridized carbons (Fsp3) is 0.600. The zero-order chi connectivity index (χ0) is 14.0. The van der Waals surface area contributed by atoms with Crippen molar-refractivity contribution in [2.75, 3.05) is 25.6 Å². The molecule has 1 saturated heterocycles. The second-order valence-electron chi connectivity index (χ2n) is 5.26. The molecule has 3 nitrogen and oxygen atoms in total. The first-order chi connectivity index (χ1) is 9.04. The highest BCUT2D eigenvalue weighted by atomic mass is 79.9. The first kappa shape index (κ1) is 14.8. The first-order valence-electron chi connectivity index (χ1n) is 6.85. The number of anilines is 1. The lowest BCUT2D eigenvalue weighted by Crippen LogP contribution is -2.36. The summed E-state index contributed by atoms with van der Waals surface area (Å²) in [5.74, 6) is 0. The number of likely N-dealkylation sites (N-methyl/N-ethyl adjacent to an activating group) is 1. The average molecular weight is 327 g/mol. The SMILES string of the molecule is CNC(C)c1ccc(N(C)C2CCOC2C)c(Br)c1. The Kier molecular flexibility index (Phi) is 4.87. The van der Waals surface area contributed by atoms with Crippen molar-refractivity contribution < 1.29 is 4.74 Å². The van der Waals surface area contributed by atoms with E-state index in [9.17, 15) is 0 Å². The van der Waals surface area contributed by atoms with E-state index >= 15 is 0 Å². The Hall–Kier alpha value is -0.580. The summed E-state index contributed by atoms with van der Waals surface area (Å²) >= 11 is 3.70. The maximum absolute atomic E-state index is 5.66. The Morgan fingerprint density at radius 1 is 1.47 bits per heavy atom. The first-order valence-corrected chi connectivity index (χ1v) is 7.65. The summed E-state index contributed by atoms with van der Waals surface area (Å²) in [4.78, 5) is 2.33. The average Bonchev–Trinajstić information content (AvgIpc) is 2.83. The Bertz CT molecular complexity index is 438. The molecule has 1 N–H and O–H groups in total. The number of nitrogens with one attached hydrogen (secondary N) is 1. The van der Waals surface area contributed by atoms with Crippen molar-refractivity contribution >= 4 is 21.6 Å². The molecule has 0 aromatic heterocycles. The molecule has 0 radical (unpaired) electrons. The molecule has 1 aliphatic heterocycles. The number of hydrogen-bond donors (Lipinski definition) is 1. The Labute approximate surface area is 124 Å². The van der Waals surface area contributed by atoms with Gasteiger partial charge in [0.05, 0.1) is 17.8 Å². The topological polar surface area (TPSA) is 24.5 Å². The van der Waals surface area contributed by atoms with Crippen molar-refractivity contribution in [3.63, 3.8) is 0 Å². The van der Waals surface area contributed by atoms with Crippen LogP contribution in [0.5, 0.6) is 0 Å². The van der Waals surface area contributed by atoms with E-state index in [2.05, 4.69) is 65.2 Å². The summed E-state index contributed by atoms with van der Waals surface area (Å²) in [7, 11) is 4.13. The highest BCUT2D eigenvalue weighted by Crippen LogP contribution is 2.32. The normalized spacial score (nSPS) is 24.5. The molecule has 1 heterocycles. The number of halogens is 1. The van der Waals surface area contributed by atoms with Gasteiger partial charge in [0, 0.05) is 24.2 Å². The van der Waals surface area contributed by atoms with E-state index in [0.717, 1.165) is 17.5 Å². The van der Waals surface area contributed by atoms with Gasteiger partial charge in [-0.3, -0.25) is 0 Å². The summed E-state index contributed by atoms with van der Waals surface area (Å²) in [6, 6.07) is 7.41. The summed E-state index contributed by atoms with van der Waals surface area (Å²) in [6.07, 6.45) is 1.39. The van der Waals surface area contributed by atoms with Crippen LogP contribution in [-0.4, -0.2) is 32.8 Å². The zero-order valence-corrected chi connectivity index (χ0v) is 13.7. The molecule has 1 aliphatic rings. The van der Waals surface area contributed by atoms with Crippen molar-refractivity contribution in [2.24, 2.45) is 0 Å². The van der Waals surface area contributed by atoms with Crippen LogP contribution in [-0.2, 0) is 4.74 Å².